The predicted octanol–water partition coefficient (Wildman–Crippen LogP) is 2.19. The molecule has 2 aromatic rings. The topological polar surface area (TPSA) is 110 Å². The van der Waals surface area contributed by atoms with Gasteiger partial charge in [0.15, 0.2) is 6.61 Å². The summed E-state index contributed by atoms with van der Waals surface area (Å²) in [6, 6.07) is 6.70. The van der Waals surface area contributed by atoms with E-state index in [0.29, 0.717) is 34.8 Å². The van der Waals surface area contributed by atoms with E-state index in [2.05, 4.69) is 15.6 Å². The Hall–Kier alpha value is -3.29. The van der Waals surface area contributed by atoms with Crippen LogP contribution in [0.4, 0.5) is 5.69 Å². The lowest BCUT2D eigenvalue weighted by atomic mass is 10.1. The van der Waals surface area contributed by atoms with Crippen molar-refractivity contribution < 1.29 is 23.9 Å². The van der Waals surface area contributed by atoms with Crippen molar-refractivity contribution in [2.75, 3.05) is 25.6 Å². The summed E-state index contributed by atoms with van der Waals surface area (Å²) in [5, 5.41) is 5.38. The number of carbonyl (C=O) groups is 3. The van der Waals surface area contributed by atoms with Gasteiger partial charge in [-0.05, 0) is 38.5 Å². The lowest BCUT2D eigenvalue weighted by Gasteiger charge is -2.09. The second-order valence-electron chi connectivity index (χ2n) is 5.84. The maximum Gasteiger partial charge on any atom is 0.339 e. The Morgan fingerprint density at radius 2 is 1.93 bits per heavy atom. The first-order valence-electron chi connectivity index (χ1n) is 8.45. The number of nitrogens with one attached hydrogen (secondary N) is 3. The molecule has 8 nitrogen and oxygen atoms in total. The highest BCUT2D eigenvalue weighted by molar-refractivity contribution is 6.06. The van der Waals surface area contributed by atoms with Crippen molar-refractivity contribution in [3.63, 3.8) is 0 Å². The fourth-order valence-electron chi connectivity index (χ4n) is 2.64. The summed E-state index contributed by atoms with van der Waals surface area (Å²) in [7, 11) is 1.29. The van der Waals surface area contributed by atoms with E-state index in [0.717, 1.165) is 0 Å². The summed E-state index contributed by atoms with van der Waals surface area (Å²) in [4.78, 5) is 38.8. The number of aromatic amines is 1. The number of aromatic nitrogens is 1. The first-order valence-corrected chi connectivity index (χ1v) is 8.45. The summed E-state index contributed by atoms with van der Waals surface area (Å²) in [5.41, 5.74) is 2.20. The molecule has 0 spiro atoms. The average Bonchev–Trinajstić information content (AvgIpc) is 2.94. The summed E-state index contributed by atoms with van der Waals surface area (Å²) in [5.74, 6) is -0.666. The molecule has 0 radical (unpaired) electrons. The Morgan fingerprint density at radius 1 is 1.19 bits per heavy atom. The fraction of sp³-hybridized carbons (Fsp3) is 0.316. The lowest BCUT2D eigenvalue weighted by Crippen LogP contribution is -2.28. The summed E-state index contributed by atoms with van der Waals surface area (Å²) >= 11 is 0. The minimum absolute atomic E-state index is 0.108. The van der Waals surface area contributed by atoms with Crippen LogP contribution in [-0.2, 0) is 9.53 Å². The lowest BCUT2D eigenvalue weighted by molar-refractivity contribution is -0.122. The molecule has 0 saturated heterocycles. The third-order valence-electron chi connectivity index (χ3n) is 3.89. The van der Waals surface area contributed by atoms with Gasteiger partial charge in [-0.25, -0.2) is 4.79 Å². The van der Waals surface area contributed by atoms with Gasteiger partial charge in [0.1, 0.15) is 11.4 Å². The quantitative estimate of drug-likeness (QED) is 0.645. The molecule has 1 aromatic heterocycles. The van der Waals surface area contributed by atoms with Gasteiger partial charge in [-0.15, -0.1) is 0 Å². The van der Waals surface area contributed by atoms with Crippen molar-refractivity contribution in [1.29, 1.82) is 0 Å². The van der Waals surface area contributed by atoms with Gasteiger partial charge in [0, 0.05) is 24.0 Å². The van der Waals surface area contributed by atoms with E-state index in [1.165, 1.54) is 7.11 Å². The molecule has 0 aliphatic heterocycles. The maximum absolute atomic E-state index is 12.6. The number of amides is 2. The highest BCUT2D eigenvalue weighted by Crippen LogP contribution is 2.22. The van der Waals surface area contributed by atoms with Crippen molar-refractivity contribution in [1.82, 2.24) is 10.3 Å². The Balaban J connectivity index is 2.11. The average molecular weight is 373 g/mol. The Bertz CT molecular complexity index is 857. The predicted molar refractivity (Wildman–Crippen MR) is 100 cm³/mol. The highest BCUT2D eigenvalue weighted by atomic mass is 16.5. The molecule has 0 fully saturated rings. The number of carbonyl (C=O) groups excluding carboxylic acids is 3. The molecular formula is C19H23N3O5. The monoisotopic (exact) mass is 373 g/mol. The first-order chi connectivity index (χ1) is 12.9. The second kappa shape index (κ2) is 8.88. The van der Waals surface area contributed by atoms with E-state index >= 15 is 0 Å². The number of hydrogen-bond acceptors (Lipinski definition) is 5. The van der Waals surface area contributed by atoms with Gasteiger partial charge in [-0.2, -0.15) is 0 Å². The van der Waals surface area contributed by atoms with Gasteiger partial charge < -0.3 is 25.1 Å². The Kier molecular flexibility index (Phi) is 6.59. The molecule has 0 bridgehead atoms. The molecule has 1 aromatic carbocycles. The largest absolute Gasteiger partial charge is 0.484 e. The summed E-state index contributed by atoms with van der Waals surface area (Å²) in [6.45, 7) is 5.62. The van der Waals surface area contributed by atoms with E-state index in [4.69, 9.17) is 9.47 Å². The molecule has 0 aliphatic carbocycles. The number of esters is 1. The van der Waals surface area contributed by atoms with Crippen molar-refractivity contribution in [3.8, 4) is 5.75 Å². The number of H-pyrrole nitrogens is 1. The number of hydrogen-bond donors (Lipinski definition) is 3. The number of likely N-dealkylation sites (N-methyl/N-ethyl adjacent to an activating group) is 1. The Labute approximate surface area is 157 Å². The number of anilines is 1. The van der Waals surface area contributed by atoms with Gasteiger partial charge >= 0.3 is 5.97 Å². The molecule has 0 saturated carbocycles. The van der Waals surface area contributed by atoms with Crippen LogP contribution in [0, 0.1) is 13.8 Å². The molecule has 2 amide bonds. The van der Waals surface area contributed by atoms with Crippen LogP contribution in [0.25, 0.3) is 0 Å². The van der Waals surface area contributed by atoms with Crippen molar-refractivity contribution >= 4 is 23.5 Å². The Morgan fingerprint density at radius 3 is 2.59 bits per heavy atom. The van der Waals surface area contributed by atoms with Crippen LogP contribution >= 0.6 is 0 Å². The normalized spacial score (nSPS) is 10.2. The van der Waals surface area contributed by atoms with Crippen LogP contribution in [0.1, 0.15) is 39.0 Å². The molecule has 1 heterocycles. The number of methoxy groups -OCH3 is 1. The SMILES string of the molecule is CCNC(=O)COc1cccc(NC(=O)c2[nH]c(C)c(C(=O)OC)c2C)c1. The van der Waals surface area contributed by atoms with Crippen molar-refractivity contribution in [3.05, 3.63) is 46.8 Å². The third kappa shape index (κ3) is 4.87. The number of ether oxygens (including phenoxy) is 2. The van der Waals surface area contributed by atoms with Gasteiger partial charge in [0.25, 0.3) is 11.8 Å². The zero-order chi connectivity index (χ0) is 20.0. The van der Waals surface area contributed by atoms with Crippen molar-refractivity contribution in [2.24, 2.45) is 0 Å². The van der Waals surface area contributed by atoms with Crippen LogP contribution < -0.4 is 15.4 Å². The molecule has 27 heavy (non-hydrogen) atoms. The van der Waals surface area contributed by atoms with E-state index < -0.39 is 11.9 Å². The first kappa shape index (κ1) is 20.0. The number of aryl methyl sites for hydroxylation is 1. The minimum atomic E-state index is -0.499. The van der Waals surface area contributed by atoms with Gasteiger partial charge in [-0.1, -0.05) is 6.07 Å². The third-order valence-corrected chi connectivity index (χ3v) is 3.89. The molecule has 0 atom stereocenters. The van der Waals surface area contributed by atoms with Crippen LogP contribution in [0.2, 0.25) is 0 Å². The van der Waals surface area contributed by atoms with Crippen LogP contribution in [0.3, 0.4) is 0 Å². The van der Waals surface area contributed by atoms with E-state index in [-0.39, 0.29) is 18.2 Å². The van der Waals surface area contributed by atoms with E-state index in [1.807, 2.05) is 6.92 Å². The van der Waals surface area contributed by atoms with E-state index in [9.17, 15) is 14.4 Å². The zero-order valence-electron chi connectivity index (χ0n) is 15.8. The molecule has 3 N–H and O–H groups in total. The number of rotatable bonds is 7. The zero-order valence-corrected chi connectivity index (χ0v) is 15.8. The standard InChI is InChI=1S/C19H23N3O5/c1-5-20-15(23)10-27-14-8-6-7-13(9-14)22-18(24)17-11(2)16(12(3)21-17)19(25)26-4/h6-9,21H,5,10H2,1-4H3,(H,20,23)(H,22,24). The van der Waals surface area contributed by atoms with Gasteiger partial charge in [0.05, 0.1) is 12.7 Å². The smallest absolute Gasteiger partial charge is 0.339 e. The summed E-state index contributed by atoms with van der Waals surface area (Å²) in [6.07, 6.45) is 0. The van der Waals surface area contributed by atoms with Crippen molar-refractivity contribution in [2.45, 2.75) is 20.8 Å². The van der Waals surface area contributed by atoms with Crippen LogP contribution in [0.15, 0.2) is 24.3 Å². The van der Waals surface area contributed by atoms with E-state index in [1.54, 1.807) is 38.1 Å². The number of benzene rings is 1. The second-order valence-corrected chi connectivity index (χ2v) is 5.84. The van der Waals surface area contributed by atoms with Crippen LogP contribution in [-0.4, -0.2) is 43.0 Å². The summed E-state index contributed by atoms with van der Waals surface area (Å²) < 4.78 is 10.2. The highest BCUT2D eigenvalue weighted by Gasteiger charge is 2.22. The molecule has 0 unspecified atom stereocenters. The molecule has 144 valence electrons. The molecule has 8 heteroatoms. The molecular weight excluding hydrogens is 350 g/mol. The molecule has 2 rings (SSSR count). The molecule has 0 aliphatic rings. The fourth-order valence-corrected chi connectivity index (χ4v) is 2.64. The van der Waals surface area contributed by atoms with Crippen LogP contribution in [0.5, 0.6) is 5.75 Å². The maximum atomic E-state index is 12.6. The minimum Gasteiger partial charge on any atom is -0.484 e. The van der Waals surface area contributed by atoms with Gasteiger partial charge in [-0.3, -0.25) is 9.59 Å². The van der Waals surface area contributed by atoms with Gasteiger partial charge in [0.2, 0.25) is 0 Å².